The van der Waals surface area contributed by atoms with E-state index in [4.69, 9.17) is 10.5 Å². The van der Waals surface area contributed by atoms with Crippen LogP contribution in [0.25, 0.3) is 0 Å². The molecule has 0 aliphatic carbocycles. The predicted octanol–water partition coefficient (Wildman–Crippen LogP) is 3.41. The van der Waals surface area contributed by atoms with Crippen LogP contribution in [-0.4, -0.2) is 31.7 Å². The van der Waals surface area contributed by atoms with Crippen LogP contribution >= 0.6 is 24.2 Å². The van der Waals surface area contributed by atoms with Crippen LogP contribution in [0.3, 0.4) is 0 Å². The van der Waals surface area contributed by atoms with Crippen LogP contribution < -0.4 is 20.7 Å². The fourth-order valence-corrected chi connectivity index (χ4v) is 3.36. The van der Waals surface area contributed by atoms with Crippen LogP contribution in [0.2, 0.25) is 0 Å². The van der Waals surface area contributed by atoms with Crippen molar-refractivity contribution in [2.45, 2.75) is 11.3 Å². The van der Waals surface area contributed by atoms with Crippen molar-refractivity contribution in [2.75, 3.05) is 35.9 Å². The first-order chi connectivity index (χ1) is 12.5. The number of benzene rings is 2. The van der Waals surface area contributed by atoms with E-state index in [0.717, 1.165) is 10.6 Å². The second kappa shape index (κ2) is 9.01. The molecule has 0 bridgehead atoms. The number of carbonyl (C=O) groups is 2. The Bertz CT molecular complexity index is 829. The molecule has 1 atom stereocenters. The van der Waals surface area contributed by atoms with Gasteiger partial charge in [-0.25, -0.2) is 0 Å². The summed E-state index contributed by atoms with van der Waals surface area (Å²) in [5, 5.41) is 2.83. The van der Waals surface area contributed by atoms with Crippen LogP contribution in [-0.2, 0) is 9.59 Å². The molecule has 3 rings (SSSR count). The van der Waals surface area contributed by atoms with E-state index in [1.165, 1.54) is 7.11 Å². The molecule has 2 amide bonds. The SMILES string of the molecule is COc1ccc(NC(=O)C2CC(=O)N(c3ccc(SC)cc3)C2)cc1N.Cl. The monoisotopic (exact) mass is 407 g/mol. The highest BCUT2D eigenvalue weighted by molar-refractivity contribution is 7.98. The van der Waals surface area contributed by atoms with E-state index < -0.39 is 5.92 Å². The third kappa shape index (κ3) is 4.67. The highest BCUT2D eigenvalue weighted by Gasteiger charge is 2.35. The standard InChI is InChI=1S/C19H21N3O3S.ClH/c1-25-17-8-3-13(10-16(17)20)21-19(24)12-9-18(23)22(11-12)14-4-6-15(26-2)7-5-14;/h3-8,10,12H,9,11,20H2,1-2H3,(H,21,24);1H. The summed E-state index contributed by atoms with van der Waals surface area (Å²) < 4.78 is 5.11. The van der Waals surface area contributed by atoms with Crippen molar-refractivity contribution in [3.63, 3.8) is 0 Å². The molecule has 6 nitrogen and oxygen atoms in total. The van der Waals surface area contributed by atoms with E-state index in [1.54, 1.807) is 34.9 Å². The number of hydrogen-bond acceptors (Lipinski definition) is 5. The summed E-state index contributed by atoms with van der Waals surface area (Å²) in [4.78, 5) is 27.7. The van der Waals surface area contributed by atoms with Crippen LogP contribution in [0.4, 0.5) is 17.1 Å². The maximum Gasteiger partial charge on any atom is 0.229 e. The molecule has 0 spiro atoms. The molecule has 1 fully saturated rings. The summed E-state index contributed by atoms with van der Waals surface area (Å²) in [6.07, 6.45) is 2.20. The van der Waals surface area contributed by atoms with Gasteiger partial charge in [-0.1, -0.05) is 0 Å². The summed E-state index contributed by atoms with van der Waals surface area (Å²) in [5.41, 5.74) is 7.72. The Morgan fingerprint density at radius 3 is 2.56 bits per heavy atom. The van der Waals surface area contributed by atoms with Gasteiger partial charge in [0.15, 0.2) is 0 Å². The molecule has 1 heterocycles. The molecule has 2 aromatic rings. The first kappa shape index (κ1) is 20.9. The molecule has 27 heavy (non-hydrogen) atoms. The predicted molar refractivity (Wildman–Crippen MR) is 112 cm³/mol. The number of nitrogens with one attached hydrogen (secondary N) is 1. The first-order valence-electron chi connectivity index (χ1n) is 8.20. The fraction of sp³-hybridized carbons (Fsp3) is 0.263. The average molecular weight is 408 g/mol. The van der Waals surface area contributed by atoms with Crippen LogP contribution in [0, 0.1) is 5.92 Å². The number of nitrogens with zero attached hydrogens (tertiary/aromatic N) is 1. The van der Waals surface area contributed by atoms with Crippen molar-refractivity contribution in [1.29, 1.82) is 0 Å². The maximum absolute atomic E-state index is 12.5. The van der Waals surface area contributed by atoms with Crippen LogP contribution in [0.15, 0.2) is 47.4 Å². The lowest BCUT2D eigenvalue weighted by Gasteiger charge is -2.17. The zero-order valence-electron chi connectivity index (χ0n) is 15.1. The molecule has 0 saturated carbocycles. The van der Waals surface area contributed by atoms with E-state index >= 15 is 0 Å². The summed E-state index contributed by atoms with van der Waals surface area (Å²) >= 11 is 1.64. The third-order valence-corrected chi connectivity index (χ3v) is 5.12. The van der Waals surface area contributed by atoms with Crippen molar-refractivity contribution in [1.82, 2.24) is 0 Å². The molecule has 144 valence electrons. The molecule has 0 radical (unpaired) electrons. The number of anilines is 3. The fourth-order valence-electron chi connectivity index (χ4n) is 2.95. The third-order valence-electron chi connectivity index (χ3n) is 4.38. The van der Waals surface area contributed by atoms with Gasteiger partial charge in [0.25, 0.3) is 0 Å². The number of ether oxygens (including phenoxy) is 1. The van der Waals surface area contributed by atoms with Crippen molar-refractivity contribution < 1.29 is 14.3 Å². The van der Waals surface area contributed by atoms with Crippen LogP contribution in [0.1, 0.15) is 6.42 Å². The lowest BCUT2D eigenvalue weighted by molar-refractivity contribution is -0.122. The van der Waals surface area contributed by atoms with Gasteiger partial charge < -0.3 is 20.7 Å². The maximum atomic E-state index is 12.5. The molecular weight excluding hydrogens is 386 g/mol. The number of nitrogens with two attached hydrogens (primary N) is 1. The minimum atomic E-state index is -0.397. The average Bonchev–Trinajstić information content (AvgIpc) is 3.04. The van der Waals surface area contributed by atoms with Gasteiger partial charge in [0, 0.05) is 29.2 Å². The zero-order chi connectivity index (χ0) is 18.7. The Morgan fingerprint density at radius 1 is 1.26 bits per heavy atom. The molecule has 0 aromatic heterocycles. The largest absolute Gasteiger partial charge is 0.495 e. The topological polar surface area (TPSA) is 84.7 Å². The normalized spacial score (nSPS) is 16.0. The Labute approximate surface area is 168 Å². The van der Waals surface area contributed by atoms with Crippen molar-refractivity contribution in [3.05, 3.63) is 42.5 Å². The van der Waals surface area contributed by atoms with Gasteiger partial charge in [-0.15, -0.1) is 24.2 Å². The number of methoxy groups -OCH3 is 1. The van der Waals surface area contributed by atoms with Crippen molar-refractivity contribution in [3.8, 4) is 5.75 Å². The molecule has 2 aromatic carbocycles. The van der Waals surface area contributed by atoms with E-state index in [2.05, 4.69) is 5.32 Å². The van der Waals surface area contributed by atoms with Crippen LogP contribution in [0.5, 0.6) is 5.75 Å². The van der Waals surface area contributed by atoms with Gasteiger partial charge in [0.2, 0.25) is 11.8 Å². The molecule has 8 heteroatoms. The van der Waals surface area contributed by atoms with E-state index in [1.807, 2.05) is 30.5 Å². The highest BCUT2D eigenvalue weighted by Crippen LogP contribution is 2.29. The Morgan fingerprint density at radius 2 is 1.96 bits per heavy atom. The summed E-state index contributed by atoms with van der Waals surface area (Å²) in [7, 11) is 1.54. The first-order valence-corrected chi connectivity index (χ1v) is 9.43. The lowest BCUT2D eigenvalue weighted by atomic mass is 10.1. The van der Waals surface area contributed by atoms with Gasteiger partial charge in [-0.2, -0.15) is 0 Å². The number of hydrogen-bond donors (Lipinski definition) is 2. The molecule has 1 unspecified atom stereocenters. The number of thioether (sulfide) groups is 1. The molecular formula is C19H22ClN3O3S. The number of carbonyl (C=O) groups excluding carboxylic acids is 2. The Balaban J connectivity index is 0.00000261. The second-order valence-electron chi connectivity index (χ2n) is 6.05. The lowest BCUT2D eigenvalue weighted by Crippen LogP contribution is -2.28. The van der Waals surface area contributed by atoms with Gasteiger partial charge in [-0.05, 0) is 48.7 Å². The quantitative estimate of drug-likeness (QED) is 0.586. The van der Waals surface area contributed by atoms with Gasteiger partial charge in [0.1, 0.15) is 5.75 Å². The number of halogens is 1. The molecule has 1 aliphatic rings. The summed E-state index contributed by atoms with van der Waals surface area (Å²) in [6.45, 7) is 0.370. The summed E-state index contributed by atoms with van der Waals surface area (Å²) in [5.74, 6) is -0.0765. The molecule has 1 saturated heterocycles. The van der Waals surface area contributed by atoms with E-state index in [9.17, 15) is 9.59 Å². The number of amides is 2. The molecule has 1 aliphatic heterocycles. The van der Waals surface area contributed by atoms with Crippen molar-refractivity contribution >= 4 is 53.0 Å². The van der Waals surface area contributed by atoms with E-state index in [-0.39, 0.29) is 30.6 Å². The van der Waals surface area contributed by atoms with Crippen molar-refractivity contribution in [2.24, 2.45) is 5.92 Å². The van der Waals surface area contributed by atoms with E-state index in [0.29, 0.717) is 23.7 Å². The smallest absolute Gasteiger partial charge is 0.229 e. The minimum Gasteiger partial charge on any atom is -0.495 e. The van der Waals surface area contributed by atoms with Gasteiger partial charge >= 0.3 is 0 Å². The molecule has 3 N–H and O–H groups in total. The number of rotatable bonds is 5. The Kier molecular flexibility index (Phi) is 6.98. The Hall–Kier alpha value is -2.38. The van der Waals surface area contributed by atoms with Gasteiger partial charge in [-0.3, -0.25) is 9.59 Å². The number of nitrogen functional groups attached to an aromatic ring is 1. The minimum absolute atomic E-state index is 0. The summed E-state index contributed by atoms with van der Waals surface area (Å²) in [6, 6.07) is 12.8. The second-order valence-corrected chi connectivity index (χ2v) is 6.93. The van der Waals surface area contributed by atoms with Gasteiger partial charge in [0.05, 0.1) is 18.7 Å². The zero-order valence-corrected chi connectivity index (χ0v) is 16.7. The highest BCUT2D eigenvalue weighted by atomic mass is 35.5.